The fourth-order valence-corrected chi connectivity index (χ4v) is 1.44. The minimum absolute atomic E-state index is 0.358. The minimum atomic E-state index is -1.46. The summed E-state index contributed by atoms with van der Waals surface area (Å²) in [4.78, 5) is 0. The van der Waals surface area contributed by atoms with Crippen molar-refractivity contribution in [2.75, 3.05) is 7.05 Å². The molecule has 0 atom stereocenters. The lowest BCUT2D eigenvalue weighted by molar-refractivity contribution is 0.374. The molecule has 0 aliphatic heterocycles. The van der Waals surface area contributed by atoms with E-state index < -0.39 is 6.08 Å². The third-order valence-corrected chi connectivity index (χ3v) is 2.26. The second-order valence-electron chi connectivity index (χ2n) is 2.93. The van der Waals surface area contributed by atoms with Gasteiger partial charge in [-0.2, -0.15) is 8.78 Å². The van der Waals surface area contributed by atoms with Gasteiger partial charge in [0.05, 0.1) is 0 Å². The number of hydrogen-bond donors (Lipinski definition) is 1. The van der Waals surface area contributed by atoms with E-state index in [0.29, 0.717) is 24.5 Å². The number of allylic oxidation sites excluding steroid dienone is 1. The molecule has 0 spiro atoms. The smallest absolute Gasteiger partial charge is 0.269 e. The standard InChI is InChI=1S/C8H13F2N/c1-11-7-4-2-6(3-5-7)8(9)10/h7,11H,2-5H2,1H3. The van der Waals surface area contributed by atoms with E-state index in [-0.39, 0.29) is 0 Å². The predicted molar refractivity (Wildman–Crippen MR) is 40.6 cm³/mol. The lowest BCUT2D eigenvalue weighted by Crippen LogP contribution is -2.27. The van der Waals surface area contributed by atoms with Crippen molar-refractivity contribution in [3.63, 3.8) is 0 Å². The topological polar surface area (TPSA) is 12.0 Å². The van der Waals surface area contributed by atoms with Crippen molar-refractivity contribution in [1.29, 1.82) is 0 Å². The molecule has 1 N–H and O–H groups in total. The largest absolute Gasteiger partial charge is 0.317 e. The van der Waals surface area contributed by atoms with Crippen LogP contribution in [0.5, 0.6) is 0 Å². The third-order valence-electron chi connectivity index (χ3n) is 2.26. The zero-order valence-electron chi connectivity index (χ0n) is 6.66. The van der Waals surface area contributed by atoms with Crippen molar-refractivity contribution in [3.05, 3.63) is 11.7 Å². The van der Waals surface area contributed by atoms with Crippen LogP contribution in [0.2, 0.25) is 0 Å². The summed E-state index contributed by atoms with van der Waals surface area (Å²) in [6, 6.07) is 0.443. The molecular formula is C8H13F2N. The Hall–Kier alpha value is -0.440. The molecule has 0 aromatic carbocycles. The van der Waals surface area contributed by atoms with Crippen LogP contribution >= 0.6 is 0 Å². The molecule has 0 aromatic rings. The van der Waals surface area contributed by atoms with Crippen molar-refractivity contribution in [2.45, 2.75) is 31.7 Å². The van der Waals surface area contributed by atoms with Gasteiger partial charge in [-0.15, -0.1) is 0 Å². The molecule has 0 amide bonds. The monoisotopic (exact) mass is 161 g/mol. The zero-order valence-corrected chi connectivity index (χ0v) is 6.66. The van der Waals surface area contributed by atoms with Gasteiger partial charge in [-0.05, 0) is 38.3 Å². The van der Waals surface area contributed by atoms with Gasteiger partial charge in [0.1, 0.15) is 0 Å². The Bertz CT molecular complexity index is 151. The highest BCUT2D eigenvalue weighted by Crippen LogP contribution is 2.26. The summed E-state index contributed by atoms with van der Waals surface area (Å²) in [7, 11) is 1.88. The van der Waals surface area contributed by atoms with Crippen LogP contribution in [0.15, 0.2) is 11.7 Å². The molecule has 0 radical (unpaired) electrons. The Kier molecular flexibility index (Phi) is 3.00. The normalized spacial score (nSPS) is 25.4. The highest BCUT2D eigenvalue weighted by Gasteiger charge is 2.17. The highest BCUT2D eigenvalue weighted by atomic mass is 19.3. The van der Waals surface area contributed by atoms with Crippen LogP contribution in [-0.2, 0) is 0 Å². The first-order valence-corrected chi connectivity index (χ1v) is 3.94. The Balaban J connectivity index is 2.42. The lowest BCUT2D eigenvalue weighted by atomic mass is 9.92. The first-order valence-electron chi connectivity index (χ1n) is 3.94. The lowest BCUT2D eigenvalue weighted by Gasteiger charge is -2.22. The molecule has 1 saturated carbocycles. The number of halogens is 2. The van der Waals surface area contributed by atoms with Crippen LogP contribution in [0.25, 0.3) is 0 Å². The van der Waals surface area contributed by atoms with Crippen molar-refractivity contribution in [1.82, 2.24) is 5.32 Å². The van der Waals surface area contributed by atoms with E-state index in [9.17, 15) is 8.78 Å². The summed E-state index contributed by atoms with van der Waals surface area (Å²) in [6.45, 7) is 0. The Morgan fingerprint density at radius 1 is 1.36 bits per heavy atom. The van der Waals surface area contributed by atoms with Crippen LogP contribution in [0, 0.1) is 0 Å². The molecule has 0 aromatic heterocycles. The van der Waals surface area contributed by atoms with Crippen LogP contribution in [0.4, 0.5) is 8.78 Å². The van der Waals surface area contributed by atoms with Gasteiger partial charge in [0, 0.05) is 6.04 Å². The number of hydrogen-bond acceptors (Lipinski definition) is 1. The summed E-state index contributed by atoms with van der Waals surface area (Å²) in [5, 5.41) is 3.10. The molecule has 64 valence electrons. The first kappa shape index (κ1) is 8.65. The summed E-state index contributed by atoms with van der Waals surface area (Å²) in [5.74, 6) is 0. The zero-order chi connectivity index (χ0) is 8.27. The predicted octanol–water partition coefficient (Wildman–Crippen LogP) is 2.30. The SMILES string of the molecule is CNC1CCC(=C(F)F)CC1. The van der Waals surface area contributed by atoms with Gasteiger partial charge in [-0.1, -0.05) is 0 Å². The second kappa shape index (κ2) is 3.81. The van der Waals surface area contributed by atoms with E-state index in [4.69, 9.17) is 0 Å². The van der Waals surface area contributed by atoms with E-state index in [0.717, 1.165) is 12.8 Å². The summed E-state index contributed by atoms with van der Waals surface area (Å²) >= 11 is 0. The average Bonchev–Trinajstić information content (AvgIpc) is 2.05. The fraction of sp³-hybridized carbons (Fsp3) is 0.750. The molecule has 1 nitrogen and oxygen atoms in total. The van der Waals surface area contributed by atoms with E-state index in [1.165, 1.54) is 0 Å². The minimum Gasteiger partial charge on any atom is -0.317 e. The van der Waals surface area contributed by atoms with Crippen LogP contribution in [-0.4, -0.2) is 13.1 Å². The number of rotatable bonds is 1. The van der Waals surface area contributed by atoms with E-state index in [1.807, 2.05) is 7.05 Å². The van der Waals surface area contributed by atoms with Crippen LogP contribution in [0.1, 0.15) is 25.7 Å². The maximum atomic E-state index is 12.0. The molecule has 0 heterocycles. The molecule has 1 fully saturated rings. The van der Waals surface area contributed by atoms with E-state index in [2.05, 4.69) is 5.32 Å². The van der Waals surface area contributed by atoms with Crippen molar-refractivity contribution < 1.29 is 8.78 Å². The molecule has 0 unspecified atom stereocenters. The average molecular weight is 161 g/mol. The molecule has 0 saturated heterocycles. The molecule has 0 bridgehead atoms. The van der Waals surface area contributed by atoms with Crippen molar-refractivity contribution >= 4 is 0 Å². The van der Waals surface area contributed by atoms with Gasteiger partial charge in [0.25, 0.3) is 6.08 Å². The third kappa shape index (κ3) is 2.26. The number of nitrogens with one attached hydrogen (secondary N) is 1. The van der Waals surface area contributed by atoms with Gasteiger partial charge in [-0.3, -0.25) is 0 Å². The van der Waals surface area contributed by atoms with Crippen LogP contribution < -0.4 is 5.32 Å². The van der Waals surface area contributed by atoms with E-state index in [1.54, 1.807) is 0 Å². The van der Waals surface area contributed by atoms with Gasteiger partial charge >= 0.3 is 0 Å². The summed E-state index contributed by atoms with van der Waals surface area (Å²) in [5.41, 5.74) is 0.358. The molecule has 1 aliphatic rings. The summed E-state index contributed by atoms with van der Waals surface area (Å²) < 4.78 is 24.0. The Morgan fingerprint density at radius 2 is 1.91 bits per heavy atom. The molecule has 11 heavy (non-hydrogen) atoms. The highest BCUT2D eigenvalue weighted by molar-refractivity contribution is 5.06. The fourth-order valence-electron chi connectivity index (χ4n) is 1.44. The molecule has 1 aliphatic carbocycles. The quantitative estimate of drug-likeness (QED) is 0.622. The summed E-state index contributed by atoms with van der Waals surface area (Å²) in [6.07, 6.45) is 1.37. The van der Waals surface area contributed by atoms with Gasteiger partial charge < -0.3 is 5.32 Å². The van der Waals surface area contributed by atoms with Crippen molar-refractivity contribution in [2.24, 2.45) is 0 Å². The molecular weight excluding hydrogens is 148 g/mol. The Morgan fingerprint density at radius 3 is 2.27 bits per heavy atom. The maximum absolute atomic E-state index is 12.0. The van der Waals surface area contributed by atoms with Gasteiger partial charge in [0.15, 0.2) is 0 Å². The second-order valence-corrected chi connectivity index (χ2v) is 2.93. The van der Waals surface area contributed by atoms with Crippen LogP contribution in [0.3, 0.4) is 0 Å². The van der Waals surface area contributed by atoms with Gasteiger partial charge in [0.2, 0.25) is 0 Å². The first-order chi connectivity index (χ1) is 5.24. The molecule has 3 heteroatoms. The van der Waals surface area contributed by atoms with Crippen molar-refractivity contribution in [3.8, 4) is 0 Å². The molecule has 1 rings (SSSR count). The Labute approximate surface area is 65.5 Å². The maximum Gasteiger partial charge on any atom is 0.269 e. The van der Waals surface area contributed by atoms with Gasteiger partial charge in [-0.25, -0.2) is 0 Å². The van der Waals surface area contributed by atoms with E-state index >= 15 is 0 Å².